The lowest BCUT2D eigenvalue weighted by atomic mass is 10.1. The van der Waals surface area contributed by atoms with E-state index in [4.69, 9.17) is 14.5 Å². The quantitative estimate of drug-likeness (QED) is 0.414. The van der Waals surface area contributed by atoms with Crippen LogP contribution < -0.4 is 14.4 Å². The van der Waals surface area contributed by atoms with Gasteiger partial charge >= 0.3 is 0 Å². The zero-order chi connectivity index (χ0) is 24.4. The van der Waals surface area contributed by atoms with Crippen LogP contribution in [0.5, 0.6) is 11.5 Å². The summed E-state index contributed by atoms with van der Waals surface area (Å²) >= 11 is 0. The van der Waals surface area contributed by atoms with E-state index >= 15 is 0 Å². The minimum Gasteiger partial charge on any atom is -0.495 e. The van der Waals surface area contributed by atoms with Crippen LogP contribution in [0.1, 0.15) is 23.7 Å². The second-order valence-electron chi connectivity index (χ2n) is 8.88. The van der Waals surface area contributed by atoms with Gasteiger partial charge in [-0.25, -0.2) is 4.98 Å². The number of ether oxygens (including phenoxy) is 2. The van der Waals surface area contributed by atoms with Crippen molar-refractivity contribution in [3.63, 3.8) is 0 Å². The Labute approximate surface area is 204 Å². The van der Waals surface area contributed by atoms with E-state index in [9.17, 15) is 9.90 Å². The number of carbonyl (C=O) groups excluding carboxylic acids is 1. The van der Waals surface area contributed by atoms with Gasteiger partial charge in [0, 0.05) is 18.9 Å². The number of amides is 1. The predicted molar refractivity (Wildman–Crippen MR) is 135 cm³/mol. The first kappa shape index (κ1) is 22.9. The van der Waals surface area contributed by atoms with Gasteiger partial charge in [-0.05, 0) is 42.8 Å². The van der Waals surface area contributed by atoms with Crippen molar-refractivity contribution in [2.24, 2.45) is 0 Å². The van der Waals surface area contributed by atoms with Crippen LogP contribution in [0.15, 0.2) is 72.8 Å². The third-order valence-electron chi connectivity index (χ3n) is 6.47. The fourth-order valence-corrected chi connectivity index (χ4v) is 4.73. The normalized spacial score (nSPS) is 16.6. The van der Waals surface area contributed by atoms with E-state index in [1.807, 2.05) is 84.3 Å². The van der Waals surface area contributed by atoms with Crippen LogP contribution in [0, 0.1) is 6.92 Å². The number of hydrogen-bond acceptors (Lipinski definition) is 5. The largest absolute Gasteiger partial charge is 0.495 e. The number of imidazole rings is 1. The lowest BCUT2D eigenvalue weighted by Gasteiger charge is -2.20. The van der Waals surface area contributed by atoms with Gasteiger partial charge in [-0.3, -0.25) is 4.79 Å². The number of carbonyl (C=O) groups is 1. The van der Waals surface area contributed by atoms with E-state index in [0.717, 1.165) is 33.9 Å². The lowest BCUT2D eigenvalue weighted by molar-refractivity contribution is -0.117. The lowest BCUT2D eigenvalue weighted by Crippen LogP contribution is -2.27. The van der Waals surface area contributed by atoms with Crippen LogP contribution in [0.2, 0.25) is 0 Å². The van der Waals surface area contributed by atoms with Crippen molar-refractivity contribution < 1.29 is 19.4 Å². The monoisotopic (exact) mass is 471 g/mol. The number of aliphatic hydroxyl groups is 1. The first-order valence-electron chi connectivity index (χ1n) is 11.8. The highest BCUT2D eigenvalue weighted by Crippen LogP contribution is 2.37. The molecule has 0 bridgehead atoms. The Bertz CT molecular complexity index is 1350. The van der Waals surface area contributed by atoms with E-state index in [1.54, 1.807) is 12.0 Å². The highest BCUT2D eigenvalue weighted by Gasteiger charge is 2.36. The van der Waals surface area contributed by atoms with Crippen molar-refractivity contribution in [2.75, 3.05) is 25.2 Å². The summed E-state index contributed by atoms with van der Waals surface area (Å²) in [7, 11) is 1.61. The van der Waals surface area contributed by atoms with Crippen molar-refractivity contribution in [3.05, 3.63) is 84.2 Å². The molecule has 0 unspecified atom stereocenters. The third kappa shape index (κ3) is 4.59. The summed E-state index contributed by atoms with van der Waals surface area (Å²) < 4.78 is 13.4. The molecule has 1 amide bonds. The highest BCUT2D eigenvalue weighted by atomic mass is 16.5. The maximum absolute atomic E-state index is 13.0. The molecule has 5 rings (SSSR count). The van der Waals surface area contributed by atoms with Gasteiger partial charge in [0.25, 0.3) is 0 Å². The van der Waals surface area contributed by atoms with Crippen LogP contribution >= 0.6 is 0 Å². The molecule has 0 radical (unpaired) electrons. The van der Waals surface area contributed by atoms with Crippen LogP contribution in [0.25, 0.3) is 11.0 Å². The predicted octanol–water partition coefficient (Wildman–Crippen LogP) is 4.31. The fraction of sp³-hybridized carbons (Fsp3) is 0.286. The zero-order valence-corrected chi connectivity index (χ0v) is 19.9. The minimum absolute atomic E-state index is 0.0292. The summed E-state index contributed by atoms with van der Waals surface area (Å²) in [6.07, 6.45) is -0.398. The molecular formula is C28H29N3O4. The molecule has 1 N–H and O–H groups in total. The maximum Gasteiger partial charge on any atom is 0.227 e. The number of nitrogens with zero attached hydrogens (tertiary/aromatic N) is 3. The van der Waals surface area contributed by atoms with Gasteiger partial charge in [-0.1, -0.05) is 42.5 Å². The Kier molecular flexibility index (Phi) is 6.42. The molecule has 1 aliphatic heterocycles. The van der Waals surface area contributed by atoms with Crippen LogP contribution in [-0.4, -0.2) is 46.9 Å². The average Bonchev–Trinajstić information content (AvgIpc) is 3.44. The smallest absolute Gasteiger partial charge is 0.227 e. The van der Waals surface area contributed by atoms with Crippen molar-refractivity contribution in [1.29, 1.82) is 0 Å². The molecule has 3 aromatic carbocycles. The molecule has 2 heterocycles. The van der Waals surface area contributed by atoms with Crippen molar-refractivity contribution in [2.45, 2.75) is 31.9 Å². The van der Waals surface area contributed by atoms with Crippen molar-refractivity contribution in [3.8, 4) is 11.5 Å². The molecule has 1 aromatic heterocycles. The van der Waals surface area contributed by atoms with Crippen LogP contribution in [0.3, 0.4) is 0 Å². The molecule has 2 atom stereocenters. The standard InChI is InChI=1S/C28H29N3O4/c1-19-9-3-7-13-25(19)35-18-21(32)17-31-23-11-5-4-10-22(23)29-28(31)20-15-27(33)30(16-20)24-12-6-8-14-26(24)34-2/h3-14,20-21,32H,15-18H2,1-2H3/t20-,21-/m1/s1. The topological polar surface area (TPSA) is 76.8 Å². The van der Waals surface area contributed by atoms with Gasteiger partial charge in [0.15, 0.2) is 0 Å². The minimum atomic E-state index is -0.742. The Morgan fingerprint density at radius 1 is 1.03 bits per heavy atom. The van der Waals surface area contributed by atoms with Gasteiger partial charge in [-0.2, -0.15) is 0 Å². The molecule has 1 fully saturated rings. The number of aromatic nitrogens is 2. The molecule has 4 aromatic rings. The van der Waals surface area contributed by atoms with Crippen molar-refractivity contribution >= 4 is 22.6 Å². The molecule has 1 aliphatic rings. The van der Waals surface area contributed by atoms with Crippen LogP contribution in [-0.2, 0) is 11.3 Å². The Hall–Kier alpha value is -3.84. The second kappa shape index (κ2) is 9.80. The highest BCUT2D eigenvalue weighted by molar-refractivity contribution is 5.97. The average molecular weight is 472 g/mol. The molecule has 0 saturated carbocycles. The van der Waals surface area contributed by atoms with Crippen molar-refractivity contribution in [1.82, 2.24) is 9.55 Å². The van der Waals surface area contributed by atoms with E-state index in [2.05, 4.69) is 0 Å². The van der Waals surface area contributed by atoms with Crippen LogP contribution in [0.4, 0.5) is 5.69 Å². The number of fused-ring (bicyclic) bond motifs is 1. The summed E-state index contributed by atoms with van der Waals surface area (Å²) in [5.74, 6) is 2.15. The summed E-state index contributed by atoms with van der Waals surface area (Å²) in [6.45, 7) is 2.96. The van der Waals surface area contributed by atoms with Gasteiger partial charge in [0.1, 0.15) is 30.0 Å². The SMILES string of the molecule is COc1ccccc1N1C[C@H](c2nc3ccccc3n2C[C@@H](O)COc2ccccc2C)CC1=O. The zero-order valence-electron chi connectivity index (χ0n) is 19.9. The first-order valence-corrected chi connectivity index (χ1v) is 11.8. The molecule has 180 valence electrons. The molecule has 35 heavy (non-hydrogen) atoms. The number of aliphatic hydroxyl groups excluding tert-OH is 1. The number of methoxy groups -OCH3 is 1. The Balaban J connectivity index is 1.40. The van der Waals surface area contributed by atoms with E-state index in [-0.39, 0.29) is 18.4 Å². The number of aryl methyl sites for hydroxylation is 1. The molecule has 7 heteroatoms. The molecule has 1 saturated heterocycles. The van der Waals surface area contributed by atoms with Gasteiger partial charge < -0.3 is 24.0 Å². The number of para-hydroxylation sites is 5. The van der Waals surface area contributed by atoms with E-state index < -0.39 is 6.10 Å². The third-order valence-corrected chi connectivity index (χ3v) is 6.47. The number of benzene rings is 3. The molecule has 0 aliphatic carbocycles. The summed E-state index contributed by atoms with van der Waals surface area (Å²) in [4.78, 5) is 19.7. The van der Waals surface area contributed by atoms with Gasteiger partial charge in [-0.15, -0.1) is 0 Å². The Morgan fingerprint density at radius 3 is 2.54 bits per heavy atom. The number of anilines is 1. The van der Waals surface area contributed by atoms with E-state index in [1.165, 1.54) is 0 Å². The van der Waals surface area contributed by atoms with Gasteiger partial charge in [0.2, 0.25) is 5.91 Å². The van der Waals surface area contributed by atoms with Gasteiger partial charge in [0.05, 0.1) is 30.4 Å². The number of hydrogen-bond donors (Lipinski definition) is 1. The molecule has 7 nitrogen and oxygen atoms in total. The first-order chi connectivity index (χ1) is 17.0. The summed E-state index contributed by atoms with van der Waals surface area (Å²) in [5, 5.41) is 10.9. The molecule has 0 spiro atoms. The maximum atomic E-state index is 13.0. The molecular weight excluding hydrogens is 442 g/mol. The second-order valence-corrected chi connectivity index (χ2v) is 8.88. The Morgan fingerprint density at radius 2 is 1.74 bits per heavy atom. The fourth-order valence-electron chi connectivity index (χ4n) is 4.73. The van der Waals surface area contributed by atoms with E-state index in [0.29, 0.717) is 25.3 Å². The summed E-state index contributed by atoms with van der Waals surface area (Å²) in [5.41, 5.74) is 3.56. The summed E-state index contributed by atoms with van der Waals surface area (Å²) in [6, 6.07) is 23.2. The number of rotatable bonds is 8.